The van der Waals surface area contributed by atoms with Gasteiger partial charge in [0.1, 0.15) is 11.2 Å². The fourth-order valence-corrected chi connectivity index (χ4v) is 3.83. The molecule has 8 heteroatoms. The van der Waals surface area contributed by atoms with E-state index in [-0.39, 0.29) is 35.3 Å². The molecule has 1 amide bonds. The van der Waals surface area contributed by atoms with Gasteiger partial charge in [0.25, 0.3) is 5.91 Å². The molecule has 0 radical (unpaired) electrons. The summed E-state index contributed by atoms with van der Waals surface area (Å²) >= 11 is 0. The van der Waals surface area contributed by atoms with E-state index >= 15 is 0 Å². The molecule has 2 unspecified atom stereocenters. The van der Waals surface area contributed by atoms with E-state index in [1.807, 2.05) is 54.2 Å². The number of pyridine rings is 1. The smallest absolute Gasteiger partial charge is 0.257 e. The highest BCUT2D eigenvalue weighted by atomic mass is 35.5. The Hall–Kier alpha value is -3.45. The Bertz CT molecular complexity index is 1280. The first kappa shape index (κ1) is 20.8. The van der Waals surface area contributed by atoms with Crippen molar-refractivity contribution in [2.75, 3.05) is 0 Å². The lowest BCUT2D eigenvalue weighted by molar-refractivity contribution is 0.0948. The highest BCUT2D eigenvalue weighted by Gasteiger charge is 2.39. The quantitative estimate of drug-likeness (QED) is 0.521. The molecule has 5 rings (SSSR count). The van der Waals surface area contributed by atoms with Gasteiger partial charge in [-0.3, -0.25) is 14.2 Å². The van der Waals surface area contributed by atoms with Gasteiger partial charge in [-0.1, -0.05) is 30.3 Å². The van der Waals surface area contributed by atoms with Gasteiger partial charge >= 0.3 is 0 Å². The number of aryl methyl sites for hydroxylation is 1. The van der Waals surface area contributed by atoms with Crippen LogP contribution >= 0.6 is 12.4 Å². The average Bonchev–Trinajstić information content (AvgIpc) is 3.32. The summed E-state index contributed by atoms with van der Waals surface area (Å²) in [6.45, 7) is 2.53. The van der Waals surface area contributed by atoms with Crippen molar-refractivity contribution >= 4 is 29.3 Å². The Balaban J connectivity index is 0.00000231. The second kappa shape index (κ2) is 8.35. The molecule has 1 aliphatic rings. The number of nitrogens with zero attached hydrogens (tertiary/aromatic N) is 4. The molecule has 0 aliphatic heterocycles. The first-order valence-corrected chi connectivity index (χ1v) is 10.0. The molecule has 4 aromatic rings. The molecule has 0 bridgehead atoms. The zero-order chi connectivity index (χ0) is 20.7. The largest absolute Gasteiger partial charge is 0.348 e. The number of benzene rings is 1. The number of hydrogen-bond acceptors (Lipinski definition) is 4. The van der Waals surface area contributed by atoms with Gasteiger partial charge in [-0.15, -0.1) is 12.4 Å². The molecule has 3 heterocycles. The number of amides is 1. The number of halogens is 1. The molecule has 0 spiro atoms. The molecule has 7 nitrogen and oxygen atoms in total. The summed E-state index contributed by atoms with van der Waals surface area (Å²) in [7, 11) is 0. The van der Waals surface area contributed by atoms with Crippen molar-refractivity contribution in [3.63, 3.8) is 0 Å². The predicted molar refractivity (Wildman–Crippen MR) is 121 cm³/mol. The summed E-state index contributed by atoms with van der Waals surface area (Å²) in [4.78, 5) is 34.8. The fourth-order valence-electron chi connectivity index (χ4n) is 3.83. The summed E-state index contributed by atoms with van der Waals surface area (Å²) in [5.74, 6) is 0.438. The van der Waals surface area contributed by atoms with E-state index in [4.69, 9.17) is 0 Å². The summed E-state index contributed by atoms with van der Waals surface area (Å²) in [5, 5.41) is 3.36. The van der Waals surface area contributed by atoms with Gasteiger partial charge in [-0.2, -0.15) is 4.98 Å². The lowest BCUT2D eigenvalue weighted by Gasteiger charge is -2.12. The normalized spacial score (nSPS) is 17.2. The van der Waals surface area contributed by atoms with E-state index in [9.17, 15) is 9.59 Å². The maximum atomic E-state index is 13.0. The molecule has 1 aromatic carbocycles. The maximum Gasteiger partial charge on any atom is 0.257 e. The summed E-state index contributed by atoms with van der Waals surface area (Å²) in [5.41, 5.74) is 1.51. The third-order valence-electron chi connectivity index (χ3n) is 5.56. The Kier molecular flexibility index (Phi) is 5.61. The van der Waals surface area contributed by atoms with Gasteiger partial charge in [-0.25, -0.2) is 4.98 Å². The van der Waals surface area contributed by atoms with Crippen molar-refractivity contribution in [1.82, 2.24) is 24.4 Å². The van der Waals surface area contributed by atoms with Gasteiger partial charge in [0.15, 0.2) is 0 Å². The minimum atomic E-state index is -0.345. The van der Waals surface area contributed by atoms with E-state index in [0.29, 0.717) is 29.4 Å². The standard InChI is InChI=1S/C23H21N5O2.ClH/c1-2-27-14-18(22(30)25-19-12-16(19)15-8-4-3-5-9-15)20(29)17-13-24-23(26-21(17)27)28-10-6-7-11-28;/h3-11,13-14,16,19H,2,12H2,1H3,(H,25,30);1H. The molecule has 31 heavy (non-hydrogen) atoms. The molecule has 158 valence electrons. The molecule has 1 aliphatic carbocycles. The first-order chi connectivity index (χ1) is 14.7. The highest BCUT2D eigenvalue weighted by molar-refractivity contribution is 5.97. The van der Waals surface area contributed by atoms with E-state index in [1.54, 1.807) is 10.8 Å². The number of hydrogen-bond donors (Lipinski definition) is 1. The van der Waals surface area contributed by atoms with Crippen molar-refractivity contribution in [3.05, 3.63) is 88.6 Å². The lowest BCUT2D eigenvalue weighted by atomic mass is 10.1. The van der Waals surface area contributed by atoms with Crippen LogP contribution in [0, 0.1) is 0 Å². The summed E-state index contributed by atoms with van der Waals surface area (Å²) < 4.78 is 3.60. The van der Waals surface area contributed by atoms with Crippen molar-refractivity contribution in [3.8, 4) is 5.95 Å². The zero-order valence-corrected chi connectivity index (χ0v) is 17.7. The molecule has 1 saturated carbocycles. The SMILES string of the molecule is CCn1cc(C(=O)NC2CC2c2ccccc2)c(=O)c2cnc(-n3cccc3)nc21.Cl. The van der Waals surface area contributed by atoms with Gasteiger partial charge < -0.3 is 9.88 Å². The first-order valence-electron chi connectivity index (χ1n) is 10.0. The third kappa shape index (κ3) is 3.84. The zero-order valence-electron chi connectivity index (χ0n) is 16.9. The second-order valence-electron chi connectivity index (χ2n) is 7.49. The minimum Gasteiger partial charge on any atom is -0.348 e. The predicted octanol–water partition coefficient (Wildman–Crippen LogP) is 3.31. The summed E-state index contributed by atoms with van der Waals surface area (Å²) in [6.07, 6.45) is 7.68. The Morgan fingerprint density at radius 2 is 1.90 bits per heavy atom. The lowest BCUT2D eigenvalue weighted by Crippen LogP contribution is -2.32. The van der Waals surface area contributed by atoms with Crippen LogP contribution in [-0.2, 0) is 6.54 Å². The van der Waals surface area contributed by atoms with E-state index < -0.39 is 0 Å². The second-order valence-corrected chi connectivity index (χ2v) is 7.49. The van der Waals surface area contributed by atoms with Crippen molar-refractivity contribution in [2.24, 2.45) is 0 Å². The van der Waals surface area contributed by atoms with Gasteiger partial charge in [0.2, 0.25) is 11.4 Å². The van der Waals surface area contributed by atoms with Crippen LogP contribution in [0.4, 0.5) is 0 Å². The maximum absolute atomic E-state index is 13.0. The number of aromatic nitrogens is 4. The molecule has 2 atom stereocenters. The van der Waals surface area contributed by atoms with Gasteiger partial charge in [0, 0.05) is 43.3 Å². The topological polar surface area (TPSA) is 81.8 Å². The van der Waals surface area contributed by atoms with E-state index in [2.05, 4.69) is 27.4 Å². The van der Waals surface area contributed by atoms with E-state index in [1.165, 1.54) is 11.8 Å². The molecule has 0 saturated heterocycles. The Labute approximate surface area is 185 Å². The van der Waals surface area contributed by atoms with Crippen LogP contribution in [0.2, 0.25) is 0 Å². The molecular formula is C23H22ClN5O2. The van der Waals surface area contributed by atoms with E-state index in [0.717, 1.165) is 6.42 Å². The van der Waals surface area contributed by atoms with Crippen LogP contribution in [0.5, 0.6) is 0 Å². The van der Waals surface area contributed by atoms with Crippen LogP contribution in [0.1, 0.15) is 35.2 Å². The Morgan fingerprint density at radius 1 is 1.16 bits per heavy atom. The van der Waals surface area contributed by atoms with Crippen LogP contribution in [0.25, 0.3) is 17.0 Å². The van der Waals surface area contributed by atoms with Crippen LogP contribution in [0.3, 0.4) is 0 Å². The number of nitrogens with one attached hydrogen (secondary N) is 1. The number of rotatable bonds is 5. The number of carbonyl (C=O) groups excluding carboxylic acids is 1. The van der Waals surface area contributed by atoms with Gasteiger partial charge in [-0.05, 0) is 31.0 Å². The summed E-state index contributed by atoms with van der Waals surface area (Å²) in [6, 6.07) is 13.9. The fraction of sp³-hybridized carbons (Fsp3) is 0.217. The van der Waals surface area contributed by atoms with Crippen molar-refractivity contribution < 1.29 is 4.79 Å². The molecular weight excluding hydrogens is 414 g/mol. The van der Waals surface area contributed by atoms with Crippen molar-refractivity contribution in [2.45, 2.75) is 31.8 Å². The van der Waals surface area contributed by atoms with Crippen LogP contribution < -0.4 is 10.7 Å². The molecule has 1 fully saturated rings. The molecule has 3 aromatic heterocycles. The number of fused-ring (bicyclic) bond motifs is 1. The van der Waals surface area contributed by atoms with Crippen LogP contribution in [-0.4, -0.2) is 31.1 Å². The number of carbonyl (C=O) groups is 1. The monoisotopic (exact) mass is 435 g/mol. The average molecular weight is 436 g/mol. The Morgan fingerprint density at radius 3 is 2.61 bits per heavy atom. The minimum absolute atomic E-state index is 0. The van der Waals surface area contributed by atoms with Crippen LogP contribution in [0.15, 0.2) is 72.0 Å². The highest BCUT2D eigenvalue weighted by Crippen LogP contribution is 2.40. The van der Waals surface area contributed by atoms with Crippen molar-refractivity contribution in [1.29, 1.82) is 0 Å². The molecule has 1 N–H and O–H groups in total. The van der Waals surface area contributed by atoms with Gasteiger partial charge in [0.05, 0.1) is 5.39 Å². The third-order valence-corrected chi connectivity index (χ3v) is 5.56.